The predicted molar refractivity (Wildman–Crippen MR) is 146 cm³/mol. The van der Waals surface area contributed by atoms with Crippen molar-refractivity contribution in [2.45, 2.75) is 44.9 Å². The third-order valence-corrected chi connectivity index (χ3v) is 8.89. The average Bonchev–Trinajstić information content (AvgIpc) is 3.27. The molecule has 2 amide bonds. The van der Waals surface area contributed by atoms with Crippen molar-refractivity contribution in [2.75, 3.05) is 32.7 Å². The highest BCUT2D eigenvalue weighted by atomic mass is 32.1. The van der Waals surface area contributed by atoms with Gasteiger partial charge in [0.05, 0.1) is 17.6 Å². The molecule has 3 aromatic rings. The SMILES string of the molecule is Cc1ccccc1C1c2ccsc2CCN1C(C)C(=O)N1CCCN(C(=O)c2ccc(C(F)(F)F)cc2)CC1. The molecule has 2 atom stereocenters. The zero-order valence-corrected chi connectivity index (χ0v) is 22.9. The minimum absolute atomic E-state index is 0.00451. The Bertz CT molecular complexity index is 1340. The molecule has 3 heterocycles. The van der Waals surface area contributed by atoms with Crippen molar-refractivity contribution in [1.29, 1.82) is 0 Å². The van der Waals surface area contributed by atoms with Crippen LogP contribution in [0.25, 0.3) is 0 Å². The smallest absolute Gasteiger partial charge is 0.340 e. The first kappa shape index (κ1) is 27.4. The second-order valence-corrected chi connectivity index (χ2v) is 11.3. The van der Waals surface area contributed by atoms with Crippen molar-refractivity contribution < 1.29 is 22.8 Å². The van der Waals surface area contributed by atoms with Gasteiger partial charge in [-0.05, 0) is 79.1 Å². The van der Waals surface area contributed by atoms with Crippen molar-refractivity contribution in [3.63, 3.8) is 0 Å². The maximum atomic E-state index is 13.8. The highest BCUT2D eigenvalue weighted by Gasteiger charge is 2.37. The maximum absolute atomic E-state index is 13.8. The van der Waals surface area contributed by atoms with Gasteiger partial charge >= 0.3 is 6.18 Å². The van der Waals surface area contributed by atoms with E-state index < -0.39 is 11.7 Å². The van der Waals surface area contributed by atoms with E-state index in [2.05, 4.69) is 35.4 Å². The first-order chi connectivity index (χ1) is 18.6. The molecular formula is C30H32F3N3O2S. The van der Waals surface area contributed by atoms with Gasteiger partial charge in [-0.3, -0.25) is 14.5 Å². The molecule has 2 unspecified atom stereocenters. The fourth-order valence-corrected chi connectivity index (χ4v) is 6.63. The minimum atomic E-state index is -4.45. The van der Waals surface area contributed by atoms with Gasteiger partial charge in [0.15, 0.2) is 0 Å². The summed E-state index contributed by atoms with van der Waals surface area (Å²) in [7, 11) is 0. The number of hydrogen-bond donors (Lipinski definition) is 0. The number of fused-ring (bicyclic) bond motifs is 1. The molecule has 206 valence electrons. The quantitative estimate of drug-likeness (QED) is 0.410. The predicted octanol–water partition coefficient (Wildman–Crippen LogP) is 5.79. The fourth-order valence-electron chi connectivity index (χ4n) is 5.72. The molecule has 2 aliphatic heterocycles. The Morgan fingerprint density at radius 2 is 1.59 bits per heavy atom. The molecule has 0 bridgehead atoms. The lowest BCUT2D eigenvalue weighted by atomic mass is 9.89. The van der Waals surface area contributed by atoms with E-state index in [9.17, 15) is 22.8 Å². The van der Waals surface area contributed by atoms with Gasteiger partial charge in [-0.25, -0.2) is 0 Å². The number of halogens is 3. The van der Waals surface area contributed by atoms with Crippen LogP contribution >= 0.6 is 11.3 Å². The molecule has 0 saturated carbocycles. The van der Waals surface area contributed by atoms with Crippen molar-refractivity contribution >= 4 is 23.2 Å². The summed E-state index contributed by atoms with van der Waals surface area (Å²) in [6.07, 6.45) is -2.93. The van der Waals surface area contributed by atoms with E-state index in [1.807, 2.05) is 24.0 Å². The summed E-state index contributed by atoms with van der Waals surface area (Å²) in [6, 6.07) is 14.5. The molecule has 0 radical (unpaired) electrons. The zero-order chi connectivity index (χ0) is 27.7. The number of carbonyl (C=O) groups excluding carboxylic acids is 2. The van der Waals surface area contributed by atoms with Gasteiger partial charge < -0.3 is 9.80 Å². The van der Waals surface area contributed by atoms with Crippen LogP contribution in [-0.4, -0.2) is 65.3 Å². The number of benzene rings is 2. The summed E-state index contributed by atoms with van der Waals surface area (Å²) in [4.78, 5) is 34.0. The van der Waals surface area contributed by atoms with E-state index in [1.54, 1.807) is 16.2 Å². The van der Waals surface area contributed by atoms with Gasteiger partial charge in [0, 0.05) is 43.2 Å². The van der Waals surface area contributed by atoms with Crippen LogP contribution in [0.3, 0.4) is 0 Å². The zero-order valence-electron chi connectivity index (χ0n) is 22.1. The van der Waals surface area contributed by atoms with Crippen LogP contribution in [0, 0.1) is 6.92 Å². The molecule has 1 saturated heterocycles. The van der Waals surface area contributed by atoms with Crippen LogP contribution in [0.15, 0.2) is 60.0 Å². The Balaban J connectivity index is 1.29. The second-order valence-electron chi connectivity index (χ2n) is 10.3. The molecule has 2 aliphatic rings. The molecule has 39 heavy (non-hydrogen) atoms. The van der Waals surface area contributed by atoms with Gasteiger partial charge in [0.2, 0.25) is 5.91 Å². The second kappa shape index (κ2) is 11.1. The molecule has 5 nitrogen and oxygen atoms in total. The summed E-state index contributed by atoms with van der Waals surface area (Å²) >= 11 is 1.77. The van der Waals surface area contributed by atoms with Crippen LogP contribution in [0.5, 0.6) is 0 Å². The maximum Gasteiger partial charge on any atom is 0.416 e. The van der Waals surface area contributed by atoms with E-state index in [4.69, 9.17) is 0 Å². The van der Waals surface area contributed by atoms with Gasteiger partial charge in [0.1, 0.15) is 0 Å². The molecule has 9 heteroatoms. The van der Waals surface area contributed by atoms with Gasteiger partial charge in [0.25, 0.3) is 5.91 Å². The molecule has 0 spiro atoms. The monoisotopic (exact) mass is 555 g/mol. The average molecular weight is 556 g/mol. The molecule has 2 aromatic carbocycles. The number of aryl methyl sites for hydroxylation is 1. The number of nitrogens with zero attached hydrogens (tertiary/aromatic N) is 3. The largest absolute Gasteiger partial charge is 0.416 e. The van der Waals surface area contributed by atoms with Crippen molar-refractivity contribution in [1.82, 2.24) is 14.7 Å². The number of hydrogen-bond acceptors (Lipinski definition) is 4. The highest BCUT2D eigenvalue weighted by molar-refractivity contribution is 7.10. The van der Waals surface area contributed by atoms with Crippen LogP contribution in [0.4, 0.5) is 13.2 Å². The first-order valence-corrected chi connectivity index (χ1v) is 14.2. The van der Waals surface area contributed by atoms with E-state index in [0.717, 1.165) is 25.1 Å². The molecule has 0 N–H and O–H groups in total. The van der Waals surface area contributed by atoms with E-state index in [-0.39, 0.29) is 29.5 Å². The summed E-state index contributed by atoms with van der Waals surface area (Å²) in [6.45, 7) is 6.58. The van der Waals surface area contributed by atoms with Crippen LogP contribution < -0.4 is 0 Å². The lowest BCUT2D eigenvalue weighted by molar-refractivity contribution is -0.138. The normalized spacial score (nSPS) is 19.4. The summed E-state index contributed by atoms with van der Waals surface area (Å²) in [5.41, 5.74) is 3.11. The summed E-state index contributed by atoms with van der Waals surface area (Å²) in [5.74, 6) is -0.275. The number of rotatable bonds is 4. The first-order valence-electron chi connectivity index (χ1n) is 13.3. The third kappa shape index (κ3) is 5.61. The number of thiophene rings is 1. The number of amides is 2. The Hall–Kier alpha value is -3.17. The summed E-state index contributed by atoms with van der Waals surface area (Å²) in [5, 5.41) is 2.13. The van der Waals surface area contributed by atoms with Gasteiger partial charge in [-0.15, -0.1) is 11.3 Å². The van der Waals surface area contributed by atoms with Crippen LogP contribution in [0.1, 0.15) is 56.9 Å². The molecular weight excluding hydrogens is 523 g/mol. The van der Waals surface area contributed by atoms with E-state index >= 15 is 0 Å². The van der Waals surface area contributed by atoms with Crippen molar-refractivity contribution in [3.05, 3.63) is 92.7 Å². The number of carbonyl (C=O) groups is 2. The van der Waals surface area contributed by atoms with Gasteiger partial charge in [-0.1, -0.05) is 24.3 Å². The molecule has 1 fully saturated rings. The standard InChI is InChI=1S/C30H32F3N3O2S/c1-20-6-3-4-7-24(20)27-25-13-19-39-26(25)12-16-36(27)21(2)28(37)34-14-5-15-35(18-17-34)29(38)22-8-10-23(11-9-22)30(31,32)33/h3-4,6-11,13,19,21,27H,5,12,14-18H2,1-2H3. The Labute approximate surface area is 230 Å². The van der Waals surface area contributed by atoms with Gasteiger partial charge in [-0.2, -0.15) is 13.2 Å². The Morgan fingerprint density at radius 1 is 0.897 bits per heavy atom. The number of alkyl halides is 3. The van der Waals surface area contributed by atoms with Crippen LogP contribution in [-0.2, 0) is 17.4 Å². The topological polar surface area (TPSA) is 43.9 Å². The Kier molecular flexibility index (Phi) is 7.82. The van der Waals surface area contributed by atoms with Crippen molar-refractivity contribution in [3.8, 4) is 0 Å². The van der Waals surface area contributed by atoms with Crippen molar-refractivity contribution in [2.24, 2.45) is 0 Å². The lowest BCUT2D eigenvalue weighted by Gasteiger charge is -2.41. The molecule has 5 rings (SSSR count). The minimum Gasteiger partial charge on any atom is -0.340 e. The van der Waals surface area contributed by atoms with Crippen LogP contribution in [0.2, 0.25) is 0 Å². The van der Waals surface area contributed by atoms with E-state index in [0.29, 0.717) is 32.6 Å². The third-order valence-electron chi connectivity index (χ3n) is 7.90. The lowest BCUT2D eigenvalue weighted by Crippen LogP contribution is -2.51. The highest BCUT2D eigenvalue weighted by Crippen LogP contribution is 2.40. The Morgan fingerprint density at radius 3 is 2.31 bits per heavy atom. The molecule has 1 aromatic heterocycles. The molecule has 0 aliphatic carbocycles. The van der Waals surface area contributed by atoms with E-state index in [1.165, 1.54) is 33.7 Å². The summed E-state index contributed by atoms with van der Waals surface area (Å²) < 4.78 is 38.7. The fraction of sp³-hybridized carbons (Fsp3) is 0.400.